The molecule has 146 valence electrons. The van der Waals surface area contributed by atoms with Crippen LogP contribution in [0.3, 0.4) is 0 Å². The van der Waals surface area contributed by atoms with Gasteiger partial charge >= 0.3 is 0 Å². The van der Waals surface area contributed by atoms with E-state index in [1.54, 1.807) is 4.57 Å². The minimum absolute atomic E-state index is 0.147. The lowest BCUT2D eigenvalue weighted by atomic mass is 10.1. The fourth-order valence-electron chi connectivity index (χ4n) is 4.13. The van der Waals surface area contributed by atoms with Gasteiger partial charge in [-0.05, 0) is 24.0 Å². The number of aryl methyl sites for hydroxylation is 1. The standard InChI is InChI=1S/C19H21N5O4/c25-7-13-15(26)16(27)19(28-13)24-9-22-14-17(20-8-21-18(14)24)23-12-6-5-10-3-1-2-4-11(10)12/h1-4,8-9,12-13,15-16,19,25-27H,5-7H2,(H,20,21,23)/t12-,13+,15+,16+,19+/m0/s1. The van der Waals surface area contributed by atoms with E-state index in [0.29, 0.717) is 17.0 Å². The molecule has 0 spiro atoms. The number of nitrogens with zero attached hydrogens (tertiary/aromatic N) is 4. The fraction of sp³-hybridized carbons (Fsp3) is 0.421. The summed E-state index contributed by atoms with van der Waals surface area (Å²) < 4.78 is 7.16. The highest BCUT2D eigenvalue weighted by Crippen LogP contribution is 2.36. The summed E-state index contributed by atoms with van der Waals surface area (Å²) in [5, 5.41) is 33.1. The van der Waals surface area contributed by atoms with Crippen LogP contribution in [-0.4, -0.2) is 59.8 Å². The first-order chi connectivity index (χ1) is 13.7. The molecule has 0 bridgehead atoms. The van der Waals surface area contributed by atoms with E-state index in [0.717, 1.165) is 12.8 Å². The molecule has 4 N–H and O–H groups in total. The van der Waals surface area contributed by atoms with Gasteiger partial charge in [0, 0.05) is 0 Å². The topological polar surface area (TPSA) is 126 Å². The Labute approximate surface area is 160 Å². The van der Waals surface area contributed by atoms with E-state index in [9.17, 15) is 15.3 Å². The Balaban J connectivity index is 1.47. The van der Waals surface area contributed by atoms with Gasteiger partial charge < -0.3 is 25.4 Å². The first-order valence-corrected chi connectivity index (χ1v) is 9.31. The number of anilines is 1. The zero-order chi connectivity index (χ0) is 19.3. The van der Waals surface area contributed by atoms with E-state index in [4.69, 9.17) is 4.74 Å². The van der Waals surface area contributed by atoms with Crippen LogP contribution in [0.1, 0.15) is 29.8 Å². The zero-order valence-corrected chi connectivity index (χ0v) is 15.0. The predicted octanol–water partition coefficient (Wildman–Crippen LogP) is 0.537. The number of rotatable bonds is 4. The highest BCUT2D eigenvalue weighted by atomic mass is 16.6. The second-order valence-corrected chi connectivity index (χ2v) is 7.21. The molecule has 9 heteroatoms. The summed E-state index contributed by atoms with van der Waals surface area (Å²) in [6.07, 6.45) is 0.821. The number of aliphatic hydroxyl groups is 3. The van der Waals surface area contributed by atoms with E-state index in [1.165, 1.54) is 23.8 Å². The van der Waals surface area contributed by atoms with E-state index in [-0.39, 0.29) is 12.6 Å². The van der Waals surface area contributed by atoms with Crippen molar-refractivity contribution in [2.75, 3.05) is 11.9 Å². The maximum Gasteiger partial charge on any atom is 0.167 e. The lowest BCUT2D eigenvalue weighted by Crippen LogP contribution is -2.33. The molecular formula is C19H21N5O4. The second-order valence-electron chi connectivity index (χ2n) is 7.21. The molecular weight excluding hydrogens is 362 g/mol. The molecule has 5 atom stereocenters. The number of aromatic nitrogens is 4. The lowest BCUT2D eigenvalue weighted by molar-refractivity contribution is -0.0511. The Hall–Kier alpha value is -2.59. The average Bonchev–Trinajstić information content (AvgIpc) is 3.40. The molecule has 1 aliphatic heterocycles. The smallest absolute Gasteiger partial charge is 0.167 e. The molecule has 1 aliphatic carbocycles. The quantitative estimate of drug-likeness (QED) is 0.514. The summed E-state index contributed by atoms with van der Waals surface area (Å²) >= 11 is 0. The Kier molecular flexibility index (Phi) is 4.24. The summed E-state index contributed by atoms with van der Waals surface area (Å²) in [5.74, 6) is 0.609. The van der Waals surface area contributed by atoms with E-state index in [1.807, 2.05) is 12.1 Å². The van der Waals surface area contributed by atoms with Crippen molar-refractivity contribution in [2.24, 2.45) is 0 Å². The summed E-state index contributed by atoms with van der Waals surface area (Å²) in [7, 11) is 0. The molecule has 0 saturated carbocycles. The summed E-state index contributed by atoms with van der Waals surface area (Å²) in [6, 6.07) is 8.49. The van der Waals surface area contributed by atoms with Crippen LogP contribution in [0.2, 0.25) is 0 Å². The number of nitrogens with one attached hydrogen (secondary N) is 1. The third-order valence-corrected chi connectivity index (χ3v) is 5.59. The normalized spacial score (nSPS) is 29.3. The molecule has 0 radical (unpaired) electrons. The van der Waals surface area contributed by atoms with Gasteiger partial charge in [-0.3, -0.25) is 4.57 Å². The number of hydrogen-bond acceptors (Lipinski definition) is 8. The van der Waals surface area contributed by atoms with Crippen LogP contribution in [0.25, 0.3) is 11.2 Å². The molecule has 1 saturated heterocycles. The Morgan fingerprint density at radius 2 is 2.00 bits per heavy atom. The summed E-state index contributed by atoms with van der Waals surface area (Å²) in [4.78, 5) is 13.1. The van der Waals surface area contributed by atoms with Gasteiger partial charge in [-0.25, -0.2) is 15.0 Å². The van der Waals surface area contributed by atoms with Gasteiger partial charge in [-0.2, -0.15) is 0 Å². The minimum atomic E-state index is -1.19. The van der Waals surface area contributed by atoms with E-state index >= 15 is 0 Å². The van der Waals surface area contributed by atoms with Crippen LogP contribution in [0.15, 0.2) is 36.9 Å². The van der Waals surface area contributed by atoms with Crippen molar-refractivity contribution in [2.45, 2.75) is 43.4 Å². The molecule has 2 aromatic heterocycles. The lowest BCUT2D eigenvalue weighted by Gasteiger charge is -2.17. The van der Waals surface area contributed by atoms with Crippen LogP contribution >= 0.6 is 0 Å². The van der Waals surface area contributed by atoms with Crippen LogP contribution in [0, 0.1) is 0 Å². The van der Waals surface area contributed by atoms with Gasteiger partial charge in [0.25, 0.3) is 0 Å². The molecule has 0 unspecified atom stereocenters. The molecule has 1 aromatic carbocycles. The number of fused-ring (bicyclic) bond motifs is 2. The van der Waals surface area contributed by atoms with Crippen molar-refractivity contribution in [3.8, 4) is 0 Å². The molecule has 0 amide bonds. The number of hydrogen-bond donors (Lipinski definition) is 4. The fourth-order valence-corrected chi connectivity index (χ4v) is 4.13. The van der Waals surface area contributed by atoms with Gasteiger partial charge in [0.1, 0.15) is 24.6 Å². The molecule has 1 fully saturated rings. The summed E-state index contributed by atoms with van der Waals surface area (Å²) in [6.45, 7) is -0.385. The van der Waals surface area contributed by atoms with Crippen LogP contribution < -0.4 is 5.32 Å². The molecule has 2 aliphatic rings. The SMILES string of the molecule is OC[C@H]1O[C@@H](n2cnc3c(N[C@H]4CCc5ccccc54)ncnc32)[C@H](O)[C@@H]1O. The number of ether oxygens (including phenoxy) is 1. The number of imidazole rings is 1. The molecule has 5 rings (SSSR count). The maximum atomic E-state index is 10.3. The zero-order valence-electron chi connectivity index (χ0n) is 15.0. The monoisotopic (exact) mass is 383 g/mol. The van der Waals surface area contributed by atoms with Crippen molar-refractivity contribution >= 4 is 17.0 Å². The molecule has 9 nitrogen and oxygen atoms in total. The van der Waals surface area contributed by atoms with Crippen molar-refractivity contribution in [1.29, 1.82) is 0 Å². The Bertz CT molecular complexity index is 1010. The van der Waals surface area contributed by atoms with Crippen molar-refractivity contribution in [3.05, 3.63) is 48.0 Å². The van der Waals surface area contributed by atoms with Crippen molar-refractivity contribution in [3.63, 3.8) is 0 Å². The second kappa shape index (κ2) is 6.78. The third kappa shape index (κ3) is 2.67. The number of benzene rings is 1. The highest BCUT2D eigenvalue weighted by molar-refractivity contribution is 5.83. The largest absolute Gasteiger partial charge is 0.394 e. The van der Waals surface area contributed by atoms with Crippen LogP contribution in [0.4, 0.5) is 5.82 Å². The average molecular weight is 383 g/mol. The molecule has 28 heavy (non-hydrogen) atoms. The van der Waals surface area contributed by atoms with Crippen LogP contribution in [-0.2, 0) is 11.2 Å². The Morgan fingerprint density at radius 1 is 1.14 bits per heavy atom. The van der Waals surface area contributed by atoms with E-state index < -0.39 is 24.5 Å². The predicted molar refractivity (Wildman–Crippen MR) is 99.5 cm³/mol. The highest BCUT2D eigenvalue weighted by Gasteiger charge is 2.44. The first-order valence-electron chi connectivity index (χ1n) is 9.31. The van der Waals surface area contributed by atoms with Gasteiger partial charge in [-0.1, -0.05) is 24.3 Å². The van der Waals surface area contributed by atoms with Gasteiger partial charge in [-0.15, -0.1) is 0 Å². The van der Waals surface area contributed by atoms with E-state index in [2.05, 4.69) is 32.4 Å². The molecule has 3 heterocycles. The van der Waals surface area contributed by atoms with Gasteiger partial charge in [0.15, 0.2) is 23.2 Å². The van der Waals surface area contributed by atoms with Crippen LogP contribution in [0.5, 0.6) is 0 Å². The first kappa shape index (κ1) is 17.5. The maximum absolute atomic E-state index is 10.3. The molecule has 3 aromatic rings. The van der Waals surface area contributed by atoms with Crippen molar-refractivity contribution < 1.29 is 20.1 Å². The third-order valence-electron chi connectivity index (χ3n) is 5.59. The van der Waals surface area contributed by atoms with Gasteiger partial charge in [0.05, 0.1) is 19.0 Å². The Morgan fingerprint density at radius 3 is 2.82 bits per heavy atom. The number of aliphatic hydroxyl groups excluding tert-OH is 3. The van der Waals surface area contributed by atoms with Crippen molar-refractivity contribution in [1.82, 2.24) is 19.5 Å². The minimum Gasteiger partial charge on any atom is -0.394 e. The summed E-state index contributed by atoms with van der Waals surface area (Å²) in [5.41, 5.74) is 3.64. The van der Waals surface area contributed by atoms with Gasteiger partial charge in [0.2, 0.25) is 0 Å².